The molecule has 1 amide bonds. The number of benzene rings is 2. The first-order valence-corrected chi connectivity index (χ1v) is 10.5. The van der Waals surface area contributed by atoms with Crippen LogP contribution in [0, 0.1) is 11.3 Å². The lowest BCUT2D eigenvalue weighted by molar-refractivity contribution is -0.123. The number of piperidine rings is 1. The van der Waals surface area contributed by atoms with Crippen molar-refractivity contribution in [2.24, 2.45) is 5.10 Å². The summed E-state index contributed by atoms with van der Waals surface area (Å²) >= 11 is 0. The second kappa shape index (κ2) is 11.1. The van der Waals surface area contributed by atoms with Crippen LogP contribution in [0.15, 0.2) is 47.6 Å². The van der Waals surface area contributed by atoms with E-state index in [9.17, 15) is 4.79 Å². The molecule has 1 saturated heterocycles. The summed E-state index contributed by atoms with van der Waals surface area (Å²) in [6.07, 6.45) is 3.76. The van der Waals surface area contributed by atoms with Crippen LogP contribution in [0.5, 0.6) is 11.5 Å². The highest BCUT2D eigenvalue weighted by atomic mass is 16.5. The Labute approximate surface area is 183 Å². The Morgan fingerprint density at radius 3 is 2.68 bits per heavy atom. The Bertz CT molecular complexity index is 975. The number of nitrogens with one attached hydrogen (secondary N) is 1. The molecule has 7 nitrogen and oxygen atoms in total. The van der Waals surface area contributed by atoms with Gasteiger partial charge in [-0.3, -0.25) is 9.69 Å². The molecule has 1 N–H and O–H groups in total. The van der Waals surface area contributed by atoms with Crippen molar-refractivity contribution in [3.63, 3.8) is 0 Å². The molecule has 1 aliphatic heterocycles. The maximum Gasteiger partial charge on any atom is 0.277 e. The molecule has 7 heteroatoms. The fourth-order valence-corrected chi connectivity index (χ4v) is 3.56. The number of carbonyl (C=O) groups excluding carboxylic acids is 1. The molecule has 162 valence electrons. The van der Waals surface area contributed by atoms with Crippen molar-refractivity contribution < 1.29 is 14.3 Å². The van der Waals surface area contributed by atoms with Gasteiger partial charge in [0.15, 0.2) is 6.61 Å². The molecule has 0 bridgehead atoms. The van der Waals surface area contributed by atoms with E-state index in [1.54, 1.807) is 31.4 Å². The summed E-state index contributed by atoms with van der Waals surface area (Å²) < 4.78 is 11.0. The maximum atomic E-state index is 12.1. The Morgan fingerprint density at radius 2 is 1.94 bits per heavy atom. The Kier molecular flexibility index (Phi) is 8.02. The summed E-state index contributed by atoms with van der Waals surface area (Å²) in [6, 6.07) is 14.8. The lowest BCUT2D eigenvalue weighted by atomic mass is 10.0. The zero-order valence-corrected chi connectivity index (χ0v) is 18.1. The van der Waals surface area contributed by atoms with Crippen LogP contribution in [0.3, 0.4) is 0 Å². The van der Waals surface area contributed by atoms with E-state index in [1.807, 2.05) is 25.1 Å². The highest BCUT2D eigenvalue weighted by molar-refractivity contribution is 5.99. The molecular formula is C24H28N4O3. The molecule has 0 unspecified atom stereocenters. The van der Waals surface area contributed by atoms with Crippen molar-refractivity contribution >= 4 is 11.6 Å². The van der Waals surface area contributed by atoms with Gasteiger partial charge in [-0.2, -0.15) is 10.4 Å². The van der Waals surface area contributed by atoms with E-state index in [-0.39, 0.29) is 6.61 Å². The molecule has 1 fully saturated rings. The minimum atomic E-state index is -0.394. The fourth-order valence-electron chi connectivity index (χ4n) is 3.56. The van der Waals surface area contributed by atoms with Crippen molar-refractivity contribution in [3.8, 4) is 17.6 Å². The summed E-state index contributed by atoms with van der Waals surface area (Å²) in [7, 11) is 1.68. The average molecular weight is 421 g/mol. The number of likely N-dealkylation sites (tertiary alicyclic amines) is 1. The molecule has 0 radical (unpaired) electrons. The van der Waals surface area contributed by atoms with E-state index in [2.05, 4.69) is 21.5 Å². The van der Waals surface area contributed by atoms with Crippen LogP contribution in [0.4, 0.5) is 0 Å². The molecule has 0 aliphatic carbocycles. The molecule has 2 aromatic carbocycles. The molecule has 0 spiro atoms. The first-order valence-electron chi connectivity index (χ1n) is 10.5. The van der Waals surface area contributed by atoms with Gasteiger partial charge in [-0.15, -0.1) is 0 Å². The van der Waals surface area contributed by atoms with Gasteiger partial charge in [-0.25, -0.2) is 5.43 Å². The minimum absolute atomic E-state index is 0.224. The van der Waals surface area contributed by atoms with Crippen LogP contribution in [0.25, 0.3) is 0 Å². The summed E-state index contributed by atoms with van der Waals surface area (Å²) in [5, 5.41) is 13.3. The Hall–Kier alpha value is -3.37. The first-order chi connectivity index (χ1) is 15.1. The van der Waals surface area contributed by atoms with Gasteiger partial charge < -0.3 is 9.47 Å². The fraction of sp³-hybridized carbons (Fsp3) is 0.375. The molecular weight excluding hydrogens is 392 g/mol. The van der Waals surface area contributed by atoms with Crippen molar-refractivity contribution in [2.45, 2.75) is 32.7 Å². The van der Waals surface area contributed by atoms with Gasteiger partial charge in [0.25, 0.3) is 5.91 Å². The number of para-hydroxylation sites is 1. The van der Waals surface area contributed by atoms with Crippen LogP contribution >= 0.6 is 0 Å². The molecule has 0 saturated carbocycles. The third kappa shape index (κ3) is 6.30. The van der Waals surface area contributed by atoms with E-state index in [0.29, 0.717) is 17.0 Å². The average Bonchev–Trinajstić information content (AvgIpc) is 2.82. The van der Waals surface area contributed by atoms with E-state index in [0.717, 1.165) is 36.5 Å². The maximum absolute atomic E-state index is 12.1. The molecule has 2 aromatic rings. The van der Waals surface area contributed by atoms with E-state index in [1.165, 1.54) is 19.3 Å². The number of hydrazone groups is 1. The summed E-state index contributed by atoms with van der Waals surface area (Å²) in [6.45, 7) is 4.66. The van der Waals surface area contributed by atoms with Gasteiger partial charge >= 0.3 is 0 Å². The molecule has 1 aliphatic rings. The lowest BCUT2D eigenvalue weighted by Crippen LogP contribution is -2.29. The van der Waals surface area contributed by atoms with Crippen LogP contribution in [-0.4, -0.2) is 43.3 Å². The molecule has 3 rings (SSSR count). The van der Waals surface area contributed by atoms with Crippen molar-refractivity contribution in [3.05, 3.63) is 59.2 Å². The van der Waals surface area contributed by atoms with Gasteiger partial charge in [-0.1, -0.05) is 18.6 Å². The first kappa shape index (κ1) is 22.3. The van der Waals surface area contributed by atoms with Crippen molar-refractivity contribution in [1.29, 1.82) is 5.26 Å². The number of methoxy groups -OCH3 is 1. The number of nitrogens with zero attached hydrogens (tertiary/aromatic N) is 3. The molecule has 0 atom stereocenters. The third-order valence-corrected chi connectivity index (χ3v) is 5.26. The predicted octanol–water partition coefficient (Wildman–Crippen LogP) is 3.47. The molecule has 0 aromatic heterocycles. The highest BCUT2D eigenvalue weighted by Gasteiger charge is 2.14. The Balaban J connectivity index is 1.61. The van der Waals surface area contributed by atoms with Crippen LogP contribution in [-0.2, 0) is 11.3 Å². The standard InChI is InChI=1S/C24H28N4O3/c1-18(26-27-24(29)17-31-23-9-5-4-8-20(23)15-25)19-10-11-22(30-2)21(14-19)16-28-12-6-3-7-13-28/h4-5,8-11,14H,3,6-7,12-13,16-17H2,1-2H3,(H,27,29)/b26-18-. The zero-order chi connectivity index (χ0) is 22.1. The SMILES string of the molecule is COc1ccc(/C(C)=N\NC(=O)COc2ccccc2C#N)cc1CN1CCCCC1. The summed E-state index contributed by atoms with van der Waals surface area (Å²) in [5.41, 5.74) is 5.62. The van der Waals surface area contributed by atoms with Crippen LogP contribution in [0.2, 0.25) is 0 Å². The van der Waals surface area contributed by atoms with Crippen molar-refractivity contribution in [2.75, 3.05) is 26.8 Å². The third-order valence-electron chi connectivity index (χ3n) is 5.26. The summed E-state index contributed by atoms with van der Waals surface area (Å²) in [4.78, 5) is 14.6. The second-order valence-corrected chi connectivity index (χ2v) is 7.49. The number of ether oxygens (including phenoxy) is 2. The van der Waals surface area contributed by atoms with Gasteiger partial charge in [0, 0.05) is 12.1 Å². The quantitative estimate of drug-likeness (QED) is 0.522. The smallest absolute Gasteiger partial charge is 0.277 e. The van der Waals surface area contributed by atoms with Gasteiger partial charge in [0.2, 0.25) is 0 Å². The Morgan fingerprint density at radius 1 is 1.16 bits per heavy atom. The van der Waals surface area contributed by atoms with E-state index >= 15 is 0 Å². The monoisotopic (exact) mass is 420 g/mol. The lowest BCUT2D eigenvalue weighted by Gasteiger charge is -2.27. The largest absolute Gasteiger partial charge is 0.496 e. The second-order valence-electron chi connectivity index (χ2n) is 7.49. The van der Waals surface area contributed by atoms with E-state index in [4.69, 9.17) is 14.7 Å². The highest BCUT2D eigenvalue weighted by Crippen LogP contribution is 2.23. The number of carbonyl (C=O) groups is 1. The predicted molar refractivity (Wildman–Crippen MR) is 119 cm³/mol. The normalized spacial score (nSPS) is 14.5. The molecule has 31 heavy (non-hydrogen) atoms. The van der Waals surface area contributed by atoms with Gasteiger partial charge in [-0.05, 0) is 68.8 Å². The van der Waals surface area contributed by atoms with Crippen LogP contribution in [0.1, 0.15) is 42.9 Å². The number of amides is 1. The number of hydrogen-bond acceptors (Lipinski definition) is 6. The van der Waals surface area contributed by atoms with Crippen LogP contribution < -0.4 is 14.9 Å². The minimum Gasteiger partial charge on any atom is -0.496 e. The molecule has 1 heterocycles. The number of nitriles is 1. The van der Waals surface area contributed by atoms with Crippen molar-refractivity contribution in [1.82, 2.24) is 10.3 Å². The topological polar surface area (TPSA) is 87.0 Å². The number of rotatable bonds is 8. The number of hydrogen-bond donors (Lipinski definition) is 1. The van der Waals surface area contributed by atoms with Gasteiger partial charge in [0.05, 0.1) is 18.4 Å². The van der Waals surface area contributed by atoms with E-state index < -0.39 is 5.91 Å². The zero-order valence-electron chi connectivity index (χ0n) is 18.1. The summed E-state index contributed by atoms with van der Waals surface area (Å²) in [5.74, 6) is 0.836. The van der Waals surface area contributed by atoms with Gasteiger partial charge in [0.1, 0.15) is 17.6 Å².